The van der Waals surface area contributed by atoms with Crippen LogP contribution in [0.15, 0.2) is 12.3 Å². The number of fused-ring (bicyclic) bond motifs is 1. The van der Waals surface area contributed by atoms with Crippen LogP contribution in [0.2, 0.25) is 0 Å². The Balaban J connectivity index is 1.80. The van der Waals surface area contributed by atoms with Gasteiger partial charge in [-0.05, 0) is 44.1 Å². The standard InChI is InChI=1S/C27H46N6O6/c1-4-6-7-10-19(17-23(34)30-39)26(36)32-21(11-8-14-28-32)25(35)29-24(18(3)5-2)20-13-16-31-15-9-12-22(27(37)38)33(20)31/h13,16,18-22,24,28,39H,4-12,14-15,17H2,1-3H3,(H,29,35)(H,30,34)(H,37,38). The van der Waals surface area contributed by atoms with Gasteiger partial charge in [0.05, 0.1) is 12.1 Å². The molecule has 2 saturated heterocycles. The number of carbonyl (C=O) groups excluding carboxylic acids is 3. The van der Waals surface area contributed by atoms with Crippen LogP contribution >= 0.6 is 0 Å². The number of carbonyl (C=O) groups is 4. The first-order valence-electron chi connectivity index (χ1n) is 14.5. The van der Waals surface area contributed by atoms with Gasteiger partial charge in [0.15, 0.2) is 0 Å². The Morgan fingerprint density at radius 3 is 2.51 bits per heavy atom. The summed E-state index contributed by atoms with van der Waals surface area (Å²) >= 11 is 0. The smallest absolute Gasteiger partial charge is 0.322 e. The number of carboxylic acid groups (broad SMARTS) is 1. The van der Waals surface area contributed by atoms with Crippen molar-refractivity contribution in [1.82, 2.24) is 31.2 Å². The number of unbranched alkanes of at least 4 members (excludes halogenated alkanes) is 2. The van der Waals surface area contributed by atoms with Crippen molar-refractivity contribution < 1.29 is 29.5 Å². The van der Waals surface area contributed by atoms with Gasteiger partial charge in [-0.3, -0.25) is 29.4 Å². The van der Waals surface area contributed by atoms with Crippen molar-refractivity contribution in [3.63, 3.8) is 0 Å². The van der Waals surface area contributed by atoms with Gasteiger partial charge < -0.3 is 15.4 Å². The second kappa shape index (κ2) is 14.6. The Bertz CT molecular complexity index is 900. The van der Waals surface area contributed by atoms with E-state index in [-0.39, 0.29) is 36.2 Å². The number of aliphatic carboxylic acids is 1. The Morgan fingerprint density at radius 1 is 1.10 bits per heavy atom. The number of nitrogens with zero attached hydrogens (tertiary/aromatic N) is 3. The van der Waals surface area contributed by atoms with Crippen LogP contribution in [0.4, 0.5) is 0 Å². The zero-order valence-corrected chi connectivity index (χ0v) is 23.5. The maximum absolute atomic E-state index is 13.8. The minimum Gasteiger partial charge on any atom is -0.480 e. The largest absolute Gasteiger partial charge is 0.480 e. The molecule has 6 atom stereocenters. The van der Waals surface area contributed by atoms with Crippen LogP contribution in [-0.2, 0) is 19.2 Å². The fourth-order valence-electron chi connectivity index (χ4n) is 5.91. The van der Waals surface area contributed by atoms with E-state index in [9.17, 15) is 24.3 Å². The third kappa shape index (κ3) is 7.49. The highest BCUT2D eigenvalue weighted by molar-refractivity contribution is 5.90. The maximum atomic E-state index is 13.8. The van der Waals surface area contributed by atoms with Crippen molar-refractivity contribution in [1.29, 1.82) is 0 Å². The van der Waals surface area contributed by atoms with E-state index in [0.717, 1.165) is 38.6 Å². The average molecular weight is 551 g/mol. The first-order chi connectivity index (χ1) is 18.7. The van der Waals surface area contributed by atoms with Gasteiger partial charge in [-0.1, -0.05) is 46.5 Å². The first kappa shape index (κ1) is 30.8. The Morgan fingerprint density at radius 2 is 1.85 bits per heavy atom. The summed E-state index contributed by atoms with van der Waals surface area (Å²) in [7, 11) is 0. The highest BCUT2D eigenvalue weighted by Crippen LogP contribution is 2.31. The van der Waals surface area contributed by atoms with E-state index in [1.165, 1.54) is 5.01 Å². The van der Waals surface area contributed by atoms with Crippen LogP contribution < -0.4 is 16.2 Å². The fraction of sp³-hybridized carbons (Fsp3) is 0.778. The molecule has 0 aromatic heterocycles. The number of hydrogen-bond donors (Lipinski definition) is 5. The fourth-order valence-corrected chi connectivity index (χ4v) is 5.91. The SMILES string of the molecule is CCCCCC(CC(=O)NO)C(=O)N1NCCCC1C(=O)NC(C(C)CC)C1C=CN2CCCC(C(=O)O)N12. The zero-order valence-electron chi connectivity index (χ0n) is 23.5. The summed E-state index contributed by atoms with van der Waals surface area (Å²) in [6.07, 6.45) is 10.1. The first-order valence-corrected chi connectivity index (χ1v) is 14.5. The van der Waals surface area contributed by atoms with Gasteiger partial charge in [0, 0.05) is 31.6 Å². The summed E-state index contributed by atoms with van der Waals surface area (Å²) in [5.41, 5.74) is 4.71. The molecule has 6 unspecified atom stereocenters. The third-order valence-corrected chi connectivity index (χ3v) is 8.31. The second-order valence-electron chi connectivity index (χ2n) is 11.0. The minimum absolute atomic E-state index is 0.0515. The van der Waals surface area contributed by atoms with Gasteiger partial charge in [-0.2, -0.15) is 5.01 Å². The highest BCUT2D eigenvalue weighted by atomic mass is 16.5. The van der Waals surface area contributed by atoms with Crippen LogP contribution in [0, 0.1) is 11.8 Å². The lowest BCUT2D eigenvalue weighted by molar-refractivity contribution is -0.158. The zero-order chi connectivity index (χ0) is 28.5. The molecule has 220 valence electrons. The predicted octanol–water partition coefficient (Wildman–Crippen LogP) is 1.77. The number of nitrogens with one attached hydrogen (secondary N) is 3. The van der Waals surface area contributed by atoms with Crippen LogP contribution in [0.1, 0.15) is 85.0 Å². The number of carboxylic acids is 1. The third-order valence-electron chi connectivity index (χ3n) is 8.31. The lowest BCUT2D eigenvalue weighted by Crippen LogP contribution is -2.65. The van der Waals surface area contributed by atoms with E-state index in [1.807, 2.05) is 36.1 Å². The van der Waals surface area contributed by atoms with E-state index in [1.54, 1.807) is 5.48 Å². The van der Waals surface area contributed by atoms with Crippen molar-refractivity contribution in [3.05, 3.63) is 12.3 Å². The van der Waals surface area contributed by atoms with Crippen molar-refractivity contribution in [2.45, 2.75) is 109 Å². The molecule has 12 nitrogen and oxygen atoms in total. The number of amides is 3. The molecule has 3 rings (SSSR count). The minimum atomic E-state index is -0.878. The Hall–Kier alpha value is -2.70. The van der Waals surface area contributed by atoms with Crippen LogP contribution in [-0.4, -0.2) is 86.3 Å². The van der Waals surface area contributed by atoms with Crippen LogP contribution in [0.3, 0.4) is 0 Å². The summed E-state index contributed by atoms with van der Waals surface area (Å²) in [4.78, 5) is 51.5. The summed E-state index contributed by atoms with van der Waals surface area (Å²) in [5, 5.41) is 27.3. The van der Waals surface area contributed by atoms with E-state index < -0.39 is 29.9 Å². The molecule has 0 saturated carbocycles. The average Bonchev–Trinajstić information content (AvgIpc) is 3.38. The Labute approximate surface area is 231 Å². The van der Waals surface area contributed by atoms with Crippen molar-refractivity contribution in [2.75, 3.05) is 13.1 Å². The van der Waals surface area contributed by atoms with E-state index in [0.29, 0.717) is 32.2 Å². The molecule has 0 radical (unpaired) electrons. The van der Waals surface area contributed by atoms with Crippen molar-refractivity contribution in [3.8, 4) is 0 Å². The number of rotatable bonds is 13. The van der Waals surface area contributed by atoms with Gasteiger partial charge >= 0.3 is 5.97 Å². The molecule has 5 N–H and O–H groups in total. The summed E-state index contributed by atoms with van der Waals surface area (Å²) < 4.78 is 0. The molecule has 39 heavy (non-hydrogen) atoms. The van der Waals surface area contributed by atoms with Crippen LogP contribution in [0.25, 0.3) is 0 Å². The van der Waals surface area contributed by atoms with Gasteiger partial charge in [0.1, 0.15) is 12.1 Å². The molecule has 0 aromatic carbocycles. The molecule has 12 heteroatoms. The molecule has 0 aliphatic carbocycles. The summed E-state index contributed by atoms with van der Waals surface area (Å²) in [6.45, 7) is 7.40. The number of hydrazine groups is 2. The topological polar surface area (TPSA) is 155 Å². The quantitative estimate of drug-likeness (QED) is 0.131. The predicted molar refractivity (Wildman–Crippen MR) is 144 cm³/mol. The van der Waals surface area contributed by atoms with Gasteiger partial charge in [0.2, 0.25) is 17.7 Å². The molecule has 3 heterocycles. The van der Waals surface area contributed by atoms with Gasteiger partial charge in [-0.25, -0.2) is 10.9 Å². The normalized spacial score (nSPS) is 25.5. The Kier molecular flexibility index (Phi) is 11.6. The molecule has 2 fully saturated rings. The van der Waals surface area contributed by atoms with E-state index >= 15 is 0 Å². The van der Waals surface area contributed by atoms with Crippen molar-refractivity contribution >= 4 is 23.7 Å². The van der Waals surface area contributed by atoms with E-state index in [2.05, 4.69) is 17.7 Å². The second-order valence-corrected chi connectivity index (χ2v) is 11.0. The van der Waals surface area contributed by atoms with Gasteiger partial charge in [0.25, 0.3) is 0 Å². The summed E-state index contributed by atoms with van der Waals surface area (Å²) in [6, 6.07) is -2.11. The molecule has 0 aromatic rings. The van der Waals surface area contributed by atoms with Crippen molar-refractivity contribution in [2.24, 2.45) is 11.8 Å². The molecule has 0 bridgehead atoms. The maximum Gasteiger partial charge on any atom is 0.322 e. The van der Waals surface area contributed by atoms with Crippen LogP contribution in [0.5, 0.6) is 0 Å². The molecule has 3 aliphatic heterocycles. The lowest BCUT2D eigenvalue weighted by Gasteiger charge is -2.45. The molecular weight excluding hydrogens is 504 g/mol. The summed E-state index contributed by atoms with van der Waals surface area (Å²) in [5.74, 6) is -2.75. The molecule has 3 amide bonds. The monoisotopic (exact) mass is 550 g/mol. The molecular formula is C27H46N6O6. The highest BCUT2D eigenvalue weighted by Gasteiger charge is 2.45. The van der Waals surface area contributed by atoms with Gasteiger partial charge in [-0.15, -0.1) is 0 Å². The lowest BCUT2D eigenvalue weighted by atomic mass is 9.90. The molecule has 0 spiro atoms. The van der Waals surface area contributed by atoms with E-state index in [4.69, 9.17) is 5.21 Å². The molecule has 3 aliphatic rings. The number of hydrogen-bond acceptors (Lipinski definition) is 8. The number of hydroxylamine groups is 1.